The highest BCUT2D eigenvalue weighted by molar-refractivity contribution is 5.85. The number of nitrogens with zero attached hydrogens (tertiary/aromatic N) is 1. The first-order valence-corrected chi connectivity index (χ1v) is 4.73. The highest BCUT2D eigenvalue weighted by atomic mass is 35.5. The van der Waals surface area contributed by atoms with E-state index in [1.165, 1.54) is 12.8 Å². The number of halogens is 1. The van der Waals surface area contributed by atoms with Crippen LogP contribution in [0.5, 0.6) is 0 Å². The third kappa shape index (κ3) is 2.59. The molecule has 1 saturated carbocycles. The molecule has 1 aromatic rings. The Labute approximate surface area is 90.3 Å². The van der Waals surface area contributed by atoms with Gasteiger partial charge in [0.2, 0.25) is 0 Å². The summed E-state index contributed by atoms with van der Waals surface area (Å²) in [5.41, 5.74) is 12.7. The van der Waals surface area contributed by atoms with Gasteiger partial charge in [0.1, 0.15) is 5.82 Å². The largest absolute Gasteiger partial charge is 0.383 e. The van der Waals surface area contributed by atoms with Crippen LogP contribution in [0.3, 0.4) is 0 Å². The lowest BCUT2D eigenvalue weighted by molar-refractivity contribution is 0.597. The summed E-state index contributed by atoms with van der Waals surface area (Å²) in [7, 11) is 0. The molecule has 0 unspecified atom stereocenters. The SMILES string of the molecule is Cl.Nc1ncccc1[C@H](N)CC1CC1. The van der Waals surface area contributed by atoms with Gasteiger partial charge in [-0.3, -0.25) is 0 Å². The third-order valence-corrected chi connectivity index (χ3v) is 2.55. The fourth-order valence-electron chi connectivity index (χ4n) is 1.58. The smallest absolute Gasteiger partial charge is 0.128 e. The average Bonchev–Trinajstić information content (AvgIpc) is 2.89. The molecule has 3 nitrogen and oxygen atoms in total. The quantitative estimate of drug-likeness (QED) is 0.806. The molecule has 4 heteroatoms. The Morgan fingerprint density at radius 1 is 1.50 bits per heavy atom. The highest BCUT2D eigenvalue weighted by Crippen LogP contribution is 2.37. The van der Waals surface area contributed by atoms with E-state index in [1.54, 1.807) is 6.20 Å². The number of nitrogens with two attached hydrogens (primary N) is 2. The van der Waals surface area contributed by atoms with Crippen LogP contribution < -0.4 is 11.5 Å². The summed E-state index contributed by atoms with van der Waals surface area (Å²) >= 11 is 0. The molecule has 78 valence electrons. The predicted molar refractivity (Wildman–Crippen MR) is 60.2 cm³/mol. The number of pyridine rings is 1. The molecule has 0 aromatic carbocycles. The van der Waals surface area contributed by atoms with Crippen LogP contribution in [-0.2, 0) is 0 Å². The maximum atomic E-state index is 6.02. The minimum Gasteiger partial charge on any atom is -0.383 e. The van der Waals surface area contributed by atoms with E-state index in [1.807, 2.05) is 12.1 Å². The van der Waals surface area contributed by atoms with Gasteiger partial charge in [0, 0.05) is 17.8 Å². The van der Waals surface area contributed by atoms with Crippen LogP contribution in [0.1, 0.15) is 30.9 Å². The maximum Gasteiger partial charge on any atom is 0.128 e. The Morgan fingerprint density at radius 3 is 2.79 bits per heavy atom. The van der Waals surface area contributed by atoms with Gasteiger partial charge < -0.3 is 11.5 Å². The normalized spacial score (nSPS) is 17.2. The molecule has 1 aromatic heterocycles. The molecular formula is C10H16ClN3. The molecule has 0 amide bonds. The van der Waals surface area contributed by atoms with Crippen molar-refractivity contribution in [2.75, 3.05) is 5.73 Å². The van der Waals surface area contributed by atoms with E-state index in [-0.39, 0.29) is 18.4 Å². The van der Waals surface area contributed by atoms with Gasteiger partial charge in [0.15, 0.2) is 0 Å². The zero-order valence-corrected chi connectivity index (χ0v) is 8.83. The zero-order valence-electron chi connectivity index (χ0n) is 8.02. The van der Waals surface area contributed by atoms with E-state index in [0.717, 1.165) is 17.9 Å². The Bertz CT molecular complexity index is 299. The Balaban J connectivity index is 0.000000980. The molecule has 1 aliphatic carbocycles. The number of nitrogen functional groups attached to an aromatic ring is 1. The van der Waals surface area contributed by atoms with E-state index in [9.17, 15) is 0 Å². The predicted octanol–water partition coefficient (Wildman–Crippen LogP) is 1.89. The van der Waals surface area contributed by atoms with Crippen molar-refractivity contribution in [1.82, 2.24) is 4.98 Å². The van der Waals surface area contributed by atoms with Crippen LogP contribution in [0.4, 0.5) is 5.82 Å². The van der Waals surface area contributed by atoms with Crippen molar-refractivity contribution in [3.8, 4) is 0 Å². The van der Waals surface area contributed by atoms with Crippen molar-refractivity contribution >= 4 is 18.2 Å². The van der Waals surface area contributed by atoms with Crippen LogP contribution in [0, 0.1) is 5.92 Å². The standard InChI is InChI=1S/C10H15N3.ClH/c11-9(6-7-3-4-7)8-2-1-5-13-10(8)12;/h1-2,5,7,9H,3-4,6,11H2,(H2,12,13);1H/t9-;/m1./s1. The Kier molecular flexibility index (Phi) is 3.72. The van der Waals surface area contributed by atoms with Crippen molar-refractivity contribution in [3.05, 3.63) is 23.9 Å². The molecule has 1 aliphatic rings. The van der Waals surface area contributed by atoms with Crippen LogP contribution >= 0.6 is 12.4 Å². The van der Waals surface area contributed by atoms with E-state index >= 15 is 0 Å². The zero-order chi connectivity index (χ0) is 9.26. The average molecular weight is 214 g/mol. The van der Waals surface area contributed by atoms with Gasteiger partial charge in [-0.05, 0) is 18.4 Å². The lowest BCUT2D eigenvalue weighted by atomic mass is 10.0. The molecule has 14 heavy (non-hydrogen) atoms. The molecule has 0 bridgehead atoms. The second kappa shape index (κ2) is 4.62. The van der Waals surface area contributed by atoms with Gasteiger partial charge >= 0.3 is 0 Å². The summed E-state index contributed by atoms with van der Waals surface area (Å²) in [4.78, 5) is 4.03. The number of aromatic nitrogens is 1. The third-order valence-electron chi connectivity index (χ3n) is 2.55. The molecule has 1 heterocycles. The molecule has 1 atom stereocenters. The first-order valence-electron chi connectivity index (χ1n) is 4.73. The topological polar surface area (TPSA) is 64.9 Å². The number of rotatable bonds is 3. The van der Waals surface area contributed by atoms with Crippen molar-refractivity contribution < 1.29 is 0 Å². The van der Waals surface area contributed by atoms with E-state index < -0.39 is 0 Å². The molecule has 0 spiro atoms. The fourth-order valence-corrected chi connectivity index (χ4v) is 1.58. The summed E-state index contributed by atoms with van der Waals surface area (Å²) in [5.74, 6) is 1.41. The fraction of sp³-hybridized carbons (Fsp3) is 0.500. The van der Waals surface area contributed by atoms with E-state index in [0.29, 0.717) is 5.82 Å². The second-order valence-electron chi connectivity index (χ2n) is 3.76. The molecule has 0 radical (unpaired) electrons. The Morgan fingerprint density at radius 2 is 2.21 bits per heavy atom. The van der Waals surface area contributed by atoms with Gasteiger partial charge in [-0.1, -0.05) is 18.9 Å². The van der Waals surface area contributed by atoms with Crippen LogP contribution in [0.2, 0.25) is 0 Å². The first-order chi connectivity index (χ1) is 6.27. The molecular weight excluding hydrogens is 198 g/mol. The summed E-state index contributed by atoms with van der Waals surface area (Å²) < 4.78 is 0. The molecule has 2 rings (SSSR count). The lowest BCUT2D eigenvalue weighted by Crippen LogP contribution is -2.13. The molecule has 0 aliphatic heterocycles. The summed E-state index contributed by atoms with van der Waals surface area (Å²) in [6.07, 6.45) is 5.40. The summed E-state index contributed by atoms with van der Waals surface area (Å²) in [6.45, 7) is 0. The van der Waals surface area contributed by atoms with Gasteiger partial charge in [-0.25, -0.2) is 4.98 Å². The van der Waals surface area contributed by atoms with Gasteiger partial charge in [0.25, 0.3) is 0 Å². The van der Waals surface area contributed by atoms with Crippen molar-refractivity contribution in [1.29, 1.82) is 0 Å². The molecule has 0 saturated heterocycles. The lowest BCUT2D eigenvalue weighted by Gasteiger charge is -2.12. The highest BCUT2D eigenvalue weighted by Gasteiger charge is 2.25. The minimum atomic E-state index is 0. The number of hydrogen-bond acceptors (Lipinski definition) is 3. The van der Waals surface area contributed by atoms with Crippen LogP contribution in [0.15, 0.2) is 18.3 Å². The van der Waals surface area contributed by atoms with Crippen molar-refractivity contribution in [2.45, 2.75) is 25.3 Å². The molecule has 1 fully saturated rings. The van der Waals surface area contributed by atoms with Crippen molar-refractivity contribution in [2.24, 2.45) is 11.7 Å². The summed E-state index contributed by atoms with van der Waals surface area (Å²) in [5, 5.41) is 0. The minimum absolute atomic E-state index is 0. The van der Waals surface area contributed by atoms with Crippen molar-refractivity contribution in [3.63, 3.8) is 0 Å². The Hall–Kier alpha value is -0.800. The second-order valence-corrected chi connectivity index (χ2v) is 3.76. The van der Waals surface area contributed by atoms with E-state index in [4.69, 9.17) is 11.5 Å². The van der Waals surface area contributed by atoms with Crippen LogP contribution in [-0.4, -0.2) is 4.98 Å². The number of anilines is 1. The van der Waals surface area contributed by atoms with Gasteiger partial charge in [-0.2, -0.15) is 0 Å². The molecule has 4 N–H and O–H groups in total. The maximum absolute atomic E-state index is 6.02. The van der Waals surface area contributed by atoms with Gasteiger partial charge in [-0.15, -0.1) is 12.4 Å². The number of hydrogen-bond donors (Lipinski definition) is 2. The van der Waals surface area contributed by atoms with E-state index in [2.05, 4.69) is 4.98 Å². The van der Waals surface area contributed by atoms with Gasteiger partial charge in [0.05, 0.1) is 0 Å². The van der Waals surface area contributed by atoms with Crippen LogP contribution in [0.25, 0.3) is 0 Å². The monoisotopic (exact) mass is 213 g/mol. The first kappa shape index (κ1) is 11.3. The summed E-state index contributed by atoms with van der Waals surface area (Å²) in [6, 6.07) is 3.93.